The number of fused-ring (bicyclic) bond motifs is 1. The van der Waals surface area contributed by atoms with Gasteiger partial charge in [0.2, 0.25) is 0 Å². The topological polar surface area (TPSA) is 12.0 Å². The Labute approximate surface area is 101 Å². The van der Waals surface area contributed by atoms with Crippen LogP contribution in [0.2, 0.25) is 0 Å². The molecule has 1 aliphatic heterocycles. The molecule has 1 N–H and O–H groups in total. The van der Waals surface area contributed by atoms with Crippen molar-refractivity contribution in [2.45, 2.75) is 23.3 Å². The molecule has 0 fully saturated rings. The first-order chi connectivity index (χ1) is 8.00. The Morgan fingerprint density at radius 3 is 2.76 bits per heavy atom. The molecule has 1 aromatic carbocycles. The Kier molecular flexibility index (Phi) is 3.63. The van der Waals surface area contributed by atoms with E-state index in [0.29, 0.717) is 5.75 Å². The largest absolute Gasteiger partial charge is 0.319 e. The summed E-state index contributed by atoms with van der Waals surface area (Å²) in [4.78, 5) is 1.02. The highest BCUT2D eigenvalue weighted by Gasteiger charge is 2.41. The van der Waals surface area contributed by atoms with E-state index in [1.807, 2.05) is 24.3 Å². The van der Waals surface area contributed by atoms with E-state index >= 15 is 0 Å². The first kappa shape index (κ1) is 12.7. The predicted octanol–water partition coefficient (Wildman–Crippen LogP) is 3.32. The molecule has 1 atom stereocenters. The van der Waals surface area contributed by atoms with E-state index in [-0.39, 0.29) is 6.04 Å². The second-order valence-corrected chi connectivity index (χ2v) is 4.91. The fourth-order valence-corrected chi connectivity index (χ4v) is 2.86. The molecule has 0 spiro atoms. The lowest BCUT2D eigenvalue weighted by Crippen LogP contribution is -2.40. The van der Waals surface area contributed by atoms with Gasteiger partial charge in [-0.1, -0.05) is 18.2 Å². The second kappa shape index (κ2) is 4.86. The summed E-state index contributed by atoms with van der Waals surface area (Å²) in [5.74, 6) is -3.37. The van der Waals surface area contributed by atoms with Gasteiger partial charge in [-0.3, -0.25) is 0 Å². The SMILES string of the molecule is FC(F)C(F)(F)CNC1CSc2ccccc21. The maximum absolute atomic E-state index is 12.8. The number of halogens is 4. The first-order valence-electron chi connectivity index (χ1n) is 5.12. The smallest absolute Gasteiger partial charge is 0.303 e. The van der Waals surface area contributed by atoms with E-state index in [4.69, 9.17) is 0 Å². The van der Waals surface area contributed by atoms with Gasteiger partial charge in [0.15, 0.2) is 0 Å². The molecule has 1 unspecified atom stereocenters. The van der Waals surface area contributed by atoms with Crippen LogP contribution in [0.15, 0.2) is 29.2 Å². The quantitative estimate of drug-likeness (QED) is 0.838. The molecule has 17 heavy (non-hydrogen) atoms. The standard InChI is InChI=1S/C11H11F4NS/c12-10(13)11(14,15)6-16-8-5-17-9-4-2-1-3-7(8)9/h1-4,8,10,16H,5-6H2. The van der Waals surface area contributed by atoms with Gasteiger partial charge in [0, 0.05) is 16.7 Å². The van der Waals surface area contributed by atoms with Crippen molar-refractivity contribution < 1.29 is 17.6 Å². The molecule has 2 rings (SSSR count). The molecule has 0 aliphatic carbocycles. The third-order valence-electron chi connectivity index (χ3n) is 2.60. The number of alkyl halides is 4. The minimum atomic E-state index is -3.97. The van der Waals surface area contributed by atoms with Gasteiger partial charge in [-0.25, -0.2) is 8.78 Å². The predicted molar refractivity (Wildman–Crippen MR) is 58.9 cm³/mol. The summed E-state index contributed by atoms with van der Waals surface area (Å²) in [5.41, 5.74) is 0.905. The molecule has 0 radical (unpaired) electrons. The Hall–Kier alpha value is -0.750. The van der Waals surface area contributed by atoms with E-state index in [1.54, 1.807) is 11.8 Å². The van der Waals surface area contributed by atoms with Crippen LogP contribution in [0.5, 0.6) is 0 Å². The van der Waals surface area contributed by atoms with Crippen LogP contribution >= 0.6 is 11.8 Å². The summed E-state index contributed by atoms with van der Waals surface area (Å²) in [6, 6.07) is 7.12. The maximum atomic E-state index is 12.8. The van der Waals surface area contributed by atoms with E-state index in [9.17, 15) is 17.6 Å². The van der Waals surface area contributed by atoms with Crippen molar-refractivity contribution in [3.05, 3.63) is 29.8 Å². The Morgan fingerprint density at radius 1 is 1.35 bits per heavy atom. The zero-order chi connectivity index (χ0) is 12.5. The average Bonchev–Trinajstić information content (AvgIpc) is 2.69. The lowest BCUT2D eigenvalue weighted by atomic mass is 10.1. The third kappa shape index (κ3) is 2.74. The van der Waals surface area contributed by atoms with Crippen molar-refractivity contribution in [2.24, 2.45) is 0 Å². The van der Waals surface area contributed by atoms with Gasteiger partial charge >= 0.3 is 12.3 Å². The average molecular weight is 265 g/mol. The van der Waals surface area contributed by atoms with Crippen LogP contribution in [0.4, 0.5) is 17.6 Å². The lowest BCUT2D eigenvalue weighted by molar-refractivity contribution is -0.126. The number of hydrogen-bond acceptors (Lipinski definition) is 2. The van der Waals surface area contributed by atoms with Crippen LogP contribution in [-0.2, 0) is 0 Å². The van der Waals surface area contributed by atoms with E-state index in [1.165, 1.54) is 0 Å². The number of hydrogen-bond donors (Lipinski definition) is 1. The van der Waals surface area contributed by atoms with Crippen LogP contribution in [-0.4, -0.2) is 24.6 Å². The molecule has 1 aliphatic rings. The number of rotatable bonds is 4. The van der Waals surface area contributed by atoms with E-state index in [0.717, 1.165) is 10.5 Å². The number of thioether (sulfide) groups is 1. The normalized spacial score (nSPS) is 19.7. The molecule has 1 aromatic rings. The molecule has 1 nitrogen and oxygen atoms in total. The summed E-state index contributed by atoms with van der Waals surface area (Å²) in [5, 5.41) is 2.51. The maximum Gasteiger partial charge on any atom is 0.319 e. The summed E-state index contributed by atoms with van der Waals surface area (Å²) in [7, 11) is 0. The number of nitrogens with one attached hydrogen (secondary N) is 1. The first-order valence-corrected chi connectivity index (χ1v) is 6.10. The summed E-state index contributed by atoms with van der Waals surface area (Å²) >= 11 is 1.54. The van der Waals surface area contributed by atoms with Gasteiger partial charge in [0.05, 0.1) is 6.54 Å². The van der Waals surface area contributed by atoms with E-state index in [2.05, 4.69) is 5.32 Å². The molecule has 94 valence electrons. The molecule has 0 aromatic heterocycles. The molecular formula is C11H11F4NS. The van der Waals surface area contributed by atoms with Gasteiger partial charge in [0.25, 0.3) is 0 Å². The zero-order valence-electron chi connectivity index (χ0n) is 8.80. The Morgan fingerprint density at radius 2 is 2.06 bits per heavy atom. The fraction of sp³-hybridized carbons (Fsp3) is 0.455. The summed E-state index contributed by atoms with van der Waals surface area (Å²) in [6.07, 6.45) is -3.63. The molecule has 0 saturated carbocycles. The molecule has 6 heteroatoms. The van der Waals surface area contributed by atoms with Crippen LogP contribution in [0.3, 0.4) is 0 Å². The molecule has 0 saturated heterocycles. The van der Waals surface area contributed by atoms with E-state index < -0.39 is 18.9 Å². The van der Waals surface area contributed by atoms with Gasteiger partial charge in [-0.15, -0.1) is 11.8 Å². The summed E-state index contributed by atoms with van der Waals surface area (Å²) < 4.78 is 49.5. The lowest BCUT2D eigenvalue weighted by Gasteiger charge is -2.19. The van der Waals surface area contributed by atoms with Crippen molar-refractivity contribution in [1.29, 1.82) is 0 Å². The fourth-order valence-electron chi connectivity index (χ4n) is 1.67. The second-order valence-electron chi connectivity index (χ2n) is 3.84. The van der Waals surface area contributed by atoms with Crippen LogP contribution in [0.25, 0.3) is 0 Å². The number of benzene rings is 1. The minimum absolute atomic E-state index is 0.277. The highest BCUT2D eigenvalue weighted by atomic mass is 32.2. The minimum Gasteiger partial charge on any atom is -0.303 e. The van der Waals surface area contributed by atoms with Gasteiger partial charge < -0.3 is 5.32 Å². The van der Waals surface area contributed by atoms with Crippen molar-refractivity contribution in [1.82, 2.24) is 5.32 Å². The zero-order valence-corrected chi connectivity index (χ0v) is 9.61. The van der Waals surface area contributed by atoms with Crippen molar-refractivity contribution in [3.63, 3.8) is 0 Å². The van der Waals surface area contributed by atoms with Gasteiger partial charge in [-0.2, -0.15) is 8.78 Å². The monoisotopic (exact) mass is 265 g/mol. The third-order valence-corrected chi connectivity index (χ3v) is 3.79. The molecular weight excluding hydrogens is 254 g/mol. The van der Waals surface area contributed by atoms with Crippen molar-refractivity contribution in [3.8, 4) is 0 Å². The highest BCUT2D eigenvalue weighted by Crippen LogP contribution is 2.38. The van der Waals surface area contributed by atoms with Crippen LogP contribution in [0.1, 0.15) is 11.6 Å². The summed E-state index contributed by atoms with van der Waals surface area (Å²) in [6.45, 7) is -0.996. The molecule has 0 amide bonds. The molecule has 0 bridgehead atoms. The van der Waals surface area contributed by atoms with Gasteiger partial charge in [-0.05, 0) is 11.6 Å². The van der Waals surface area contributed by atoms with Crippen molar-refractivity contribution in [2.75, 3.05) is 12.3 Å². The van der Waals surface area contributed by atoms with Crippen LogP contribution < -0.4 is 5.32 Å². The highest BCUT2D eigenvalue weighted by molar-refractivity contribution is 7.99. The van der Waals surface area contributed by atoms with Crippen LogP contribution in [0, 0.1) is 0 Å². The Bertz CT molecular complexity index is 397. The van der Waals surface area contributed by atoms with Gasteiger partial charge in [0.1, 0.15) is 0 Å². The molecule has 1 heterocycles. The Balaban J connectivity index is 1.99. The van der Waals surface area contributed by atoms with Crippen molar-refractivity contribution >= 4 is 11.8 Å².